The molecule has 1 aromatic carbocycles. The summed E-state index contributed by atoms with van der Waals surface area (Å²) in [5, 5.41) is 0. The molecule has 0 spiro atoms. The van der Waals surface area contributed by atoms with Gasteiger partial charge in [0.25, 0.3) is 0 Å². The third-order valence-corrected chi connectivity index (χ3v) is 4.36. The smallest absolute Gasteiger partial charge is 0.119 e. The van der Waals surface area contributed by atoms with Crippen LogP contribution in [0.3, 0.4) is 0 Å². The van der Waals surface area contributed by atoms with E-state index in [2.05, 4.69) is 36.0 Å². The molecule has 1 fully saturated rings. The zero-order valence-electron chi connectivity index (χ0n) is 13.6. The van der Waals surface area contributed by atoms with Gasteiger partial charge in [0.2, 0.25) is 0 Å². The quantitative estimate of drug-likeness (QED) is 0.871. The lowest BCUT2D eigenvalue weighted by Crippen LogP contribution is -2.44. The van der Waals surface area contributed by atoms with Crippen LogP contribution in [0.1, 0.15) is 31.4 Å². The van der Waals surface area contributed by atoms with Crippen molar-refractivity contribution in [3.05, 3.63) is 29.8 Å². The molecule has 1 saturated heterocycles. The van der Waals surface area contributed by atoms with Gasteiger partial charge in [-0.2, -0.15) is 0 Å². The van der Waals surface area contributed by atoms with E-state index in [1.54, 1.807) is 0 Å². The van der Waals surface area contributed by atoms with E-state index < -0.39 is 0 Å². The van der Waals surface area contributed by atoms with E-state index in [9.17, 15) is 0 Å². The second-order valence-electron chi connectivity index (χ2n) is 6.10. The van der Waals surface area contributed by atoms with Crippen LogP contribution in [0.15, 0.2) is 24.3 Å². The first kappa shape index (κ1) is 16.3. The van der Waals surface area contributed by atoms with E-state index in [0.717, 1.165) is 31.4 Å². The second kappa shape index (κ2) is 7.78. The number of piperidine rings is 1. The van der Waals surface area contributed by atoms with Gasteiger partial charge in [0, 0.05) is 18.6 Å². The highest BCUT2D eigenvalue weighted by atomic mass is 16.5. The van der Waals surface area contributed by atoms with Crippen LogP contribution in [0.25, 0.3) is 0 Å². The molecule has 0 aliphatic carbocycles. The van der Waals surface area contributed by atoms with E-state index in [0.29, 0.717) is 6.61 Å². The Morgan fingerprint density at radius 3 is 2.38 bits per heavy atom. The maximum Gasteiger partial charge on any atom is 0.119 e. The Balaban J connectivity index is 1.83. The minimum atomic E-state index is 0.0802. The lowest BCUT2D eigenvalue weighted by atomic mass is 10.0. The van der Waals surface area contributed by atoms with Crippen LogP contribution < -0.4 is 10.5 Å². The molecule has 4 nitrogen and oxygen atoms in total. The molecule has 4 heteroatoms. The van der Waals surface area contributed by atoms with Crippen molar-refractivity contribution >= 4 is 0 Å². The molecule has 1 aliphatic heterocycles. The third-order valence-electron chi connectivity index (χ3n) is 4.36. The standard InChI is InChI=1S/C17H29N3O/c1-4-21-16-7-5-14(6-8-16)17(18)13-20-11-9-15(10-12-20)19(2)3/h5-8,15,17H,4,9-13,18H2,1-3H3. The normalized spacial score (nSPS) is 18.9. The first-order valence-electron chi connectivity index (χ1n) is 7.97. The van der Waals surface area contributed by atoms with Gasteiger partial charge >= 0.3 is 0 Å². The van der Waals surface area contributed by atoms with Gasteiger partial charge in [-0.3, -0.25) is 0 Å². The molecule has 1 heterocycles. The van der Waals surface area contributed by atoms with Crippen molar-refractivity contribution < 1.29 is 4.74 Å². The van der Waals surface area contributed by atoms with Crippen LogP contribution in [0.2, 0.25) is 0 Å². The number of hydrogen-bond acceptors (Lipinski definition) is 4. The van der Waals surface area contributed by atoms with Gasteiger partial charge in [-0.15, -0.1) is 0 Å². The van der Waals surface area contributed by atoms with Crippen LogP contribution in [0, 0.1) is 0 Å². The Morgan fingerprint density at radius 1 is 1.24 bits per heavy atom. The fraction of sp³-hybridized carbons (Fsp3) is 0.647. The van der Waals surface area contributed by atoms with Crippen molar-refractivity contribution in [3.63, 3.8) is 0 Å². The molecule has 0 radical (unpaired) electrons. The predicted molar refractivity (Wildman–Crippen MR) is 87.7 cm³/mol. The van der Waals surface area contributed by atoms with Gasteiger partial charge < -0.3 is 20.3 Å². The Morgan fingerprint density at radius 2 is 1.86 bits per heavy atom. The topological polar surface area (TPSA) is 41.7 Å². The molecule has 2 N–H and O–H groups in total. The average molecular weight is 291 g/mol. The molecule has 0 amide bonds. The molecular formula is C17H29N3O. The van der Waals surface area contributed by atoms with E-state index in [1.807, 2.05) is 19.1 Å². The maximum absolute atomic E-state index is 6.35. The molecular weight excluding hydrogens is 262 g/mol. The second-order valence-corrected chi connectivity index (χ2v) is 6.10. The van der Waals surface area contributed by atoms with E-state index >= 15 is 0 Å². The molecule has 0 bridgehead atoms. The van der Waals surface area contributed by atoms with Crippen LogP contribution in [-0.2, 0) is 0 Å². The number of likely N-dealkylation sites (tertiary alicyclic amines) is 1. The zero-order chi connectivity index (χ0) is 15.2. The van der Waals surface area contributed by atoms with Crippen molar-refractivity contribution in [2.24, 2.45) is 5.73 Å². The molecule has 1 atom stereocenters. The SMILES string of the molecule is CCOc1ccc(C(N)CN2CCC(N(C)C)CC2)cc1. The molecule has 118 valence electrons. The first-order chi connectivity index (χ1) is 10.1. The van der Waals surface area contributed by atoms with Gasteiger partial charge in [0.15, 0.2) is 0 Å². The molecule has 1 aromatic rings. The average Bonchev–Trinajstić information content (AvgIpc) is 2.49. The molecule has 21 heavy (non-hydrogen) atoms. The summed E-state index contributed by atoms with van der Waals surface area (Å²) in [5.41, 5.74) is 7.54. The van der Waals surface area contributed by atoms with E-state index in [4.69, 9.17) is 10.5 Å². The van der Waals surface area contributed by atoms with Crippen molar-refractivity contribution in [2.45, 2.75) is 31.8 Å². The summed E-state index contributed by atoms with van der Waals surface area (Å²) < 4.78 is 5.47. The molecule has 0 aromatic heterocycles. The molecule has 1 unspecified atom stereocenters. The highest BCUT2D eigenvalue weighted by molar-refractivity contribution is 5.29. The predicted octanol–water partition coefficient (Wildman–Crippen LogP) is 2.11. The van der Waals surface area contributed by atoms with Gasteiger partial charge in [0.1, 0.15) is 5.75 Å². The summed E-state index contributed by atoms with van der Waals surface area (Å²) in [6.07, 6.45) is 2.48. The van der Waals surface area contributed by atoms with Crippen LogP contribution >= 0.6 is 0 Å². The summed E-state index contributed by atoms with van der Waals surface area (Å²) >= 11 is 0. The molecule has 2 rings (SSSR count). The third kappa shape index (κ3) is 4.70. The van der Waals surface area contributed by atoms with Crippen LogP contribution in [0.5, 0.6) is 5.75 Å². The van der Waals surface area contributed by atoms with Crippen LogP contribution in [0.4, 0.5) is 0 Å². The lowest BCUT2D eigenvalue weighted by molar-refractivity contribution is 0.139. The summed E-state index contributed by atoms with van der Waals surface area (Å²) in [6, 6.07) is 9.00. The van der Waals surface area contributed by atoms with Crippen LogP contribution in [-0.4, -0.2) is 56.2 Å². The van der Waals surface area contributed by atoms with E-state index in [1.165, 1.54) is 18.4 Å². The number of hydrogen-bond donors (Lipinski definition) is 1. The zero-order valence-corrected chi connectivity index (χ0v) is 13.6. The fourth-order valence-electron chi connectivity index (χ4n) is 2.98. The first-order valence-corrected chi connectivity index (χ1v) is 7.97. The maximum atomic E-state index is 6.35. The summed E-state index contributed by atoms with van der Waals surface area (Å²) in [6.45, 7) is 5.93. The Labute approximate surface area is 128 Å². The Hall–Kier alpha value is -1.10. The van der Waals surface area contributed by atoms with Crippen molar-refractivity contribution in [1.82, 2.24) is 9.80 Å². The monoisotopic (exact) mass is 291 g/mol. The number of nitrogens with two attached hydrogens (primary N) is 1. The Kier molecular flexibility index (Phi) is 6.03. The highest BCUT2D eigenvalue weighted by Crippen LogP contribution is 2.20. The number of ether oxygens (including phenoxy) is 1. The number of benzene rings is 1. The van der Waals surface area contributed by atoms with Crippen molar-refractivity contribution in [1.29, 1.82) is 0 Å². The summed E-state index contributed by atoms with van der Waals surface area (Å²) in [4.78, 5) is 4.82. The van der Waals surface area contributed by atoms with Gasteiger partial charge in [-0.05, 0) is 64.6 Å². The minimum absolute atomic E-state index is 0.0802. The van der Waals surface area contributed by atoms with E-state index in [-0.39, 0.29) is 6.04 Å². The largest absolute Gasteiger partial charge is 0.494 e. The molecule has 0 saturated carbocycles. The van der Waals surface area contributed by atoms with Crippen molar-refractivity contribution in [2.75, 3.05) is 40.3 Å². The van der Waals surface area contributed by atoms with Gasteiger partial charge in [0.05, 0.1) is 6.61 Å². The highest BCUT2D eigenvalue weighted by Gasteiger charge is 2.22. The summed E-state index contributed by atoms with van der Waals surface area (Å²) in [5.74, 6) is 0.917. The molecule has 1 aliphatic rings. The Bertz CT molecular complexity index is 411. The lowest BCUT2D eigenvalue weighted by Gasteiger charge is -2.36. The van der Waals surface area contributed by atoms with Gasteiger partial charge in [-0.1, -0.05) is 12.1 Å². The number of rotatable bonds is 6. The van der Waals surface area contributed by atoms with Gasteiger partial charge in [-0.25, -0.2) is 0 Å². The van der Waals surface area contributed by atoms with Crippen molar-refractivity contribution in [3.8, 4) is 5.75 Å². The summed E-state index contributed by atoms with van der Waals surface area (Å²) in [7, 11) is 4.35. The minimum Gasteiger partial charge on any atom is -0.494 e. The number of nitrogens with zero attached hydrogens (tertiary/aromatic N) is 2. The fourth-order valence-corrected chi connectivity index (χ4v) is 2.98.